The number of fused-ring (bicyclic) bond motifs is 6. The van der Waals surface area contributed by atoms with Crippen LogP contribution in [0.25, 0.3) is 32.9 Å². The van der Waals surface area contributed by atoms with Crippen molar-refractivity contribution in [2.75, 3.05) is 0 Å². The van der Waals surface area contributed by atoms with Crippen molar-refractivity contribution in [2.45, 2.75) is 49.9 Å². The third-order valence-electron chi connectivity index (χ3n) is 10.8. The number of aromatic amines is 1. The Morgan fingerprint density at radius 1 is 0.771 bits per heavy atom. The number of hydrogen-bond donors (Lipinski definition) is 1. The van der Waals surface area contributed by atoms with Gasteiger partial charge in [-0.1, -0.05) is 66.3 Å². The zero-order chi connectivity index (χ0) is 22.7. The van der Waals surface area contributed by atoms with E-state index in [0.717, 1.165) is 23.7 Å². The van der Waals surface area contributed by atoms with Gasteiger partial charge in [0.2, 0.25) is 0 Å². The van der Waals surface area contributed by atoms with Gasteiger partial charge in [-0.05, 0) is 103 Å². The SMILES string of the molecule is C1=CCC2C(=C1)C1(c3cc(-c4cccc5[nH]c6ccccc6c45)ccc32)C2CC3CC(C2)CC1C3. The Balaban J connectivity index is 1.31. The van der Waals surface area contributed by atoms with Crippen molar-refractivity contribution in [1.82, 2.24) is 4.98 Å². The summed E-state index contributed by atoms with van der Waals surface area (Å²) in [6, 6.07) is 23.2. The molecule has 6 aliphatic carbocycles. The lowest BCUT2D eigenvalue weighted by atomic mass is 9.42. The second-order valence-corrected chi connectivity index (χ2v) is 12.2. The molecule has 35 heavy (non-hydrogen) atoms. The van der Waals surface area contributed by atoms with Crippen LogP contribution < -0.4 is 0 Å². The second kappa shape index (κ2) is 6.58. The maximum atomic E-state index is 3.66. The number of para-hydroxylation sites is 1. The summed E-state index contributed by atoms with van der Waals surface area (Å²) in [7, 11) is 0. The fourth-order valence-corrected chi connectivity index (χ4v) is 9.87. The van der Waals surface area contributed by atoms with E-state index in [1.165, 1.54) is 71.5 Å². The van der Waals surface area contributed by atoms with E-state index in [1.54, 1.807) is 16.7 Å². The minimum absolute atomic E-state index is 0.294. The molecule has 1 atom stereocenters. The van der Waals surface area contributed by atoms with E-state index in [0.29, 0.717) is 11.3 Å². The van der Waals surface area contributed by atoms with Crippen LogP contribution in [0.15, 0.2) is 84.5 Å². The lowest BCUT2D eigenvalue weighted by molar-refractivity contribution is -0.0423. The van der Waals surface area contributed by atoms with E-state index in [9.17, 15) is 0 Å². The second-order valence-electron chi connectivity index (χ2n) is 12.2. The average molecular weight is 454 g/mol. The summed E-state index contributed by atoms with van der Waals surface area (Å²) in [6.07, 6.45) is 15.9. The molecule has 4 aromatic rings. The molecule has 172 valence electrons. The molecule has 1 spiro atoms. The van der Waals surface area contributed by atoms with Gasteiger partial charge in [0.25, 0.3) is 0 Å². The maximum absolute atomic E-state index is 3.66. The Morgan fingerprint density at radius 2 is 1.57 bits per heavy atom. The highest BCUT2D eigenvalue weighted by molar-refractivity contribution is 6.14. The summed E-state index contributed by atoms with van der Waals surface area (Å²) in [4.78, 5) is 3.66. The Bertz CT molecular complexity index is 1570. The minimum atomic E-state index is 0.294. The van der Waals surface area contributed by atoms with Crippen molar-refractivity contribution >= 4 is 21.8 Å². The molecule has 4 fully saturated rings. The summed E-state index contributed by atoms with van der Waals surface area (Å²) in [5.74, 6) is 4.28. The zero-order valence-corrected chi connectivity index (χ0v) is 20.1. The number of hydrogen-bond acceptors (Lipinski definition) is 0. The van der Waals surface area contributed by atoms with Gasteiger partial charge in [-0.2, -0.15) is 0 Å². The summed E-state index contributed by atoms with van der Waals surface area (Å²) in [5, 5.41) is 2.71. The highest BCUT2D eigenvalue weighted by atomic mass is 14.7. The third-order valence-corrected chi connectivity index (χ3v) is 10.8. The third kappa shape index (κ3) is 2.31. The van der Waals surface area contributed by atoms with Gasteiger partial charge in [-0.3, -0.25) is 0 Å². The normalized spacial score (nSPS) is 34.1. The Labute approximate surface area is 206 Å². The predicted molar refractivity (Wildman–Crippen MR) is 145 cm³/mol. The molecule has 1 aromatic heterocycles. The molecule has 10 rings (SSSR count). The Morgan fingerprint density at radius 3 is 2.43 bits per heavy atom. The van der Waals surface area contributed by atoms with E-state index < -0.39 is 0 Å². The van der Waals surface area contributed by atoms with E-state index in [4.69, 9.17) is 0 Å². The smallest absolute Gasteiger partial charge is 0.0471 e. The monoisotopic (exact) mass is 453 g/mol. The Kier molecular flexibility index (Phi) is 3.60. The van der Waals surface area contributed by atoms with Crippen LogP contribution in [-0.2, 0) is 5.41 Å². The molecular weight excluding hydrogens is 422 g/mol. The molecule has 0 radical (unpaired) electrons. The molecule has 4 bridgehead atoms. The maximum Gasteiger partial charge on any atom is 0.0471 e. The first kappa shape index (κ1) is 19.2. The molecule has 1 heteroatoms. The van der Waals surface area contributed by atoms with Gasteiger partial charge in [0, 0.05) is 33.1 Å². The number of allylic oxidation sites excluding steroid dienone is 4. The van der Waals surface area contributed by atoms with E-state index in [1.807, 2.05) is 0 Å². The van der Waals surface area contributed by atoms with Crippen LogP contribution in [-0.4, -0.2) is 4.98 Å². The van der Waals surface area contributed by atoms with Crippen molar-refractivity contribution in [3.05, 3.63) is 95.6 Å². The summed E-state index contributed by atoms with van der Waals surface area (Å²) in [6.45, 7) is 0. The summed E-state index contributed by atoms with van der Waals surface area (Å²) < 4.78 is 0. The standard InChI is InChI=1S/C34H31N/c1-3-9-29-26(6-1)27-13-12-22(25-8-5-11-32-33(25)28-7-2-4-10-31(28)35-32)19-30(27)34(29)23-15-20-14-21(17-23)18-24(34)16-20/h1-5,7-13,19-21,23-24,26,35H,6,14-18H2. The van der Waals surface area contributed by atoms with Crippen LogP contribution >= 0.6 is 0 Å². The van der Waals surface area contributed by atoms with E-state index >= 15 is 0 Å². The predicted octanol–water partition coefficient (Wildman–Crippen LogP) is 8.67. The largest absolute Gasteiger partial charge is 0.354 e. The van der Waals surface area contributed by atoms with Crippen LogP contribution in [0.1, 0.15) is 55.6 Å². The van der Waals surface area contributed by atoms with Crippen LogP contribution in [0.4, 0.5) is 0 Å². The molecule has 4 saturated carbocycles. The van der Waals surface area contributed by atoms with Gasteiger partial charge >= 0.3 is 0 Å². The van der Waals surface area contributed by atoms with Gasteiger partial charge in [-0.15, -0.1) is 0 Å². The molecule has 1 heterocycles. The van der Waals surface area contributed by atoms with Crippen molar-refractivity contribution in [3.8, 4) is 11.1 Å². The van der Waals surface area contributed by atoms with Gasteiger partial charge in [0.15, 0.2) is 0 Å². The van der Waals surface area contributed by atoms with Crippen molar-refractivity contribution < 1.29 is 0 Å². The molecular formula is C34H31N. The summed E-state index contributed by atoms with van der Waals surface area (Å²) >= 11 is 0. The average Bonchev–Trinajstić information content (AvgIpc) is 3.41. The van der Waals surface area contributed by atoms with E-state index in [2.05, 4.69) is 83.9 Å². The molecule has 0 saturated heterocycles. The van der Waals surface area contributed by atoms with Gasteiger partial charge in [-0.25, -0.2) is 0 Å². The first-order valence-electron chi connectivity index (χ1n) is 13.8. The lowest BCUT2D eigenvalue weighted by Crippen LogP contribution is -2.55. The molecule has 6 aliphatic rings. The van der Waals surface area contributed by atoms with Crippen LogP contribution in [0.5, 0.6) is 0 Å². The quantitative estimate of drug-likeness (QED) is 0.297. The number of H-pyrrole nitrogens is 1. The van der Waals surface area contributed by atoms with Gasteiger partial charge < -0.3 is 4.98 Å². The number of benzene rings is 3. The number of aromatic nitrogens is 1. The highest BCUT2D eigenvalue weighted by Gasteiger charge is 2.63. The molecule has 0 amide bonds. The Hall–Kier alpha value is -3.06. The van der Waals surface area contributed by atoms with Crippen LogP contribution in [0.2, 0.25) is 0 Å². The summed E-state index contributed by atoms with van der Waals surface area (Å²) in [5.41, 5.74) is 10.7. The van der Waals surface area contributed by atoms with Crippen LogP contribution in [0, 0.1) is 23.7 Å². The topological polar surface area (TPSA) is 15.8 Å². The minimum Gasteiger partial charge on any atom is -0.354 e. The van der Waals surface area contributed by atoms with Gasteiger partial charge in [0.05, 0.1) is 0 Å². The van der Waals surface area contributed by atoms with Crippen molar-refractivity contribution in [1.29, 1.82) is 0 Å². The number of nitrogens with one attached hydrogen (secondary N) is 1. The van der Waals surface area contributed by atoms with Gasteiger partial charge in [0.1, 0.15) is 0 Å². The van der Waals surface area contributed by atoms with Crippen molar-refractivity contribution in [3.63, 3.8) is 0 Å². The fourth-order valence-electron chi connectivity index (χ4n) is 9.87. The van der Waals surface area contributed by atoms with Crippen molar-refractivity contribution in [2.24, 2.45) is 23.7 Å². The molecule has 1 nitrogen and oxygen atoms in total. The van der Waals surface area contributed by atoms with Crippen LogP contribution in [0.3, 0.4) is 0 Å². The zero-order valence-electron chi connectivity index (χ0n) is 20.1. The molecule has 1 unspecified atom stereocenters. The first-order valence-corrected chi connectivity index (χ1v) is 13.8. The first-order chi connectivity index (χ1) is 17.3. The molecule has 3 aromatic carbocycles. The molecule has 1 N–H and O–H groups in total. The number of rotatable bonds is 1. The lowest BCUT2D eigenvalue weighted by Gasteiger charge is -2.61. The molecule has 0 aliphatic heterocycles. The highest BCUT2D eigenvalue weighted by Crippen LogP contribution is 2.71. The fraction of sp³-hybridized carbons (Fsp3) is 0.353. The van der Waals surface area contributed by atoms with E-state index in [-0.39, 0.29) is 0 Å².